The van der Waals surface area contributed by atoms with Gasteiger partial charge in [-0.15, -0.1) is 0 Å². The summed E-state index contributed by atoms with van der Waals surface area (Å²) in [5, 5.41) is 1.06. The number of hydrogen-bond acceptors (Lipinski definition) is 3. The van der Waals surface area contributed by atoms with Crippen LogP contribution in [0.25, 0.3) is 10.9 Å². The molecule has 1 aromatic heterocycles. The van der Waals surface area contributed by atoms with E-state index in [1.165, 1.54) is 0 Å². The Balaban J connectivity index is 1.65. The zero-order valence-electron chi connectivity index (χ0n) is 16.0. The fourth-order valence-corrected chi connectivity index (χ4v) is 3.74. The summed E-state index contributed by atoms with van der Waals surface area (Å²) in [6, 6.07) is 8.11. The van der Waals surface area contributed by atoms with Crippen molar-refractivity contribution in [1.82, 2.24) is 14.8 Å². The zero-order chi connectivity index (χ0) is 18.7. The number of hydrogen-bond donors (Lipinski definition) is 1. The highest BCUT2D eigenvalue weighted by molar-refractivity contribution is 5.80. The van der Waals surface area contributed by atoms with Crippen LogP contribution in [-0.2, 0) is 11.3 Å². The Morgan fingerprint density at radius 1 is 1.12 bits per heavy atom. The van der Waals surface area contributed by atoms with Gasteiger partial charge in [0.1, 0.15) is 0 Å². The maximum absolute atomic E-state index is 12.5. The number of piperazine rings is 1. The molecule has 1 aliphatic heterocycles. The second-order valence-corrected chi connectivity index (χ2v) is 7.33. The first kappa shape index (κ1) is 18.6. The number of aromatic nitrogens is 1. The molecule has 5 nitrogen and oxygen atoms in total. The summed E-state index contributed by atoms with van der Waals surface area (Å²) in [6.07, 6.45) is 1.81. The molecule has 0 unspecified atom stereocenters. The smallest absolute Gasteiger partial charge is 0.252 e. The van der Waals surface area contributed by atoms with Crippen molar-refractivity contribution in [2.24, 2.45) is 5.92 Å². The van der Waals surface area contributed by atoms with Crippen molar-refractivity contribution in [1.29, 1.82) is 0 Å². The van der Waals surface area contributed by atoms with Gasteiger partial charge in [-0.3, -0.25) is 14.5 Å². The summed E-state index contributed by atoms with van der Waals surface area (Å²) in [6.45, 7) is 9.94. The number of nitrogens with zero attached hydrogens (tertiary/aromatic N) is 2. The normalized spacial score (nSPS) is 15.8. The lowest BCUT2D eigenvalue weighted by Gasteiger charge is -2.36. The Bertz CT molecular complexity index is 831. The lowest BCUT2D eigenvalue weighted by Crippen LogP contribution is -2.50. The molecule has 1 N–H and O–H groups in total. The van der Waals surface area contributed by atoms with Crippen molar-refractivity contribution in [3.8, 4) is 0 Å². The van der Waals surface area contributed by atoms with Crippen LogP contribution in [0.4, 0.5) is 0 Å². The Kier molecular flexibility index (Phi) is 5.77. The molecule has 1 saturated heterocycles. The van der Waals surface area contributed by atoms with E-state index in [0.717, 1.165) is 61.1 Å². The SMILES string of the molecule is CCC(CC)C(=O)N1CCN(Cc2cc3ccc(C)cc3[nH]c2=O)CC1. The highest BCUT2D eigenvalue weighted by Crippen LogP contribution is 2.16. The van der Waals surface area contributed by atoms with Gasteiger partial charge in [0.15, 0.2) is 0 Å². The van der Waals surface area contributed by atoms with Crippen LogP contribution < -0.4 is 5.56 Å². The molecule has 140 valence electrons. The molecule has 1 aliphatic rings. The molecule has 1 aromatic carbocycles. The van der Waals surface area contributed by atoms with Gasteiger partial charge in [0.2, 0.25) is 5.91 Å². The molecule has 2 aromatic rings. The lowest BCUT2D eigenvalue weighted by atomic mass is 10.0. The number of carbonyl (C=O) groups is 1. The number of amides is 1. The Hall–Kier alpha value is -2.14. The van der Waals surface area contributed by atoms with E-state index in [2.05, 4.69) is 35.9 Å². The first-order valence-corrected chi connectivity index (χ1v) is 9.65. The van der Waals surface area contributed by atoms with Gasteiger partial charge in [-0.25, -0.2) is 0 Å². The number of pyridine rings is 1. The van der Waals surface area contributed by atoms with Gasteiger partial charge >= 0.3 is 0 Å². The molecule has 0 bridgehead atoms. The minimum absolute atomic E-state index is 0.0152. The predicted octanol–water partition coefficient (Wildman–Crippen LogP) is 2.92. The number of nitrogens with one attached hydrogen (secondary N) is 1. The summed E-state index contributed by atoms with van der Waals surface area (Å²) in [5.41, 5.74) is 2.80. The maximum Gasteiger partial charge on any atom is 0.252 e. The van der Waals surface area contributed by atoms with Gasteiger partial charge in [0, 0.05) is 49.7 Å². The standard InChI is InChI=1S/C21H29N3O2/c1-4-16(5-2)21(26)24-10-8-23(9-11-24)14-18-13-17-7-6-15(3)12-19(17)22-20(18)25/h6-7,12-13,16H,4-5,8-11,14H2,1-3H3,(H,22,25). The second-order valence-electron chi connectivity index (χ2n) is 7.33. The Labute approximate surface area is 155 Å². The molecule has 0 spiro atoms. The number of aryl methyl sites for hydroxylation is 1. The average molecular weight is 355 g/mol. The maximum atomic E-state index is 12.5. The number of carbonyl (C=O) groups excluding carboxylic acids is 1. The number of rotatable bonds is 5. The molecule has 2 heterocycles. The molecule has 3 rings (SSSR count). The molecule has 26 heavy (non-hydrogen) atoms. The monoisotopic (exact) mass is 355 g/mol. The van der Waals surface area contributed by atoms with Crippen molar-refractivity contribution >= 4 is 16.8 Å². The van der Waals surface area contributed by atoms with Crippen LogP contribution in [0.15, 0.2) is 29.1 Å². The summed E-state index contributed by atoms with van der Waals surface area (Å²) in [7, 11) is 0. The minimum atomic E-state index is -0.0152. The number of fused-ring (bicyclic) bond motifs is 1. The third kappa shape index (κ3) is 3.98. The Morgan fingerprint density at radius 2 is 1.81 bits per heavy atom. The summed E-state index contributed by atoms with van der Waals surface area (Å²) < 4.78 is 0. The third-order valence-corrected chi connectivity index (χ3v) is 5.49. The number of aromatic amines is 1. The summed E-state index contributed by atoms with van der Waals surface area (Å²) in [4.78, 5) is 32.2. The molecule has 0 atom stereocenters. The Morgan fingerprint density at radius 3 is 2.46 bits per heavy atom. The van der Waals surface area contributed by atoms with Crippen LogP contribution in [0, 0.1) is 12.8 Å². The molecule has 0 radical (unpaired) electrons. The summed E-state index contributed by atoms with van der Waals surface area (Å²) in [5.74, 6) is 0.432. The highest BCUT2D eigenvalue weighted by Gasteiger charge is 2.25. The van der Waals surface area contributed by atoms with Gasteiger partial charge in [0.25, 0.3) is 5.56 Å². The topological polar surface area (TPSA) is 56.4 Å². The van der Waals surface area contributed by atoms with E-state index in [4.69, 9.17) is 0 Å². The summed E-state index contributed by atoms with van der Waals surface area (Å²) >= 11 is 0. The van der Waals surface area contributed by atoms with Crippen molar-refractivity contribution in [3.63, 3.8) is 0 Å². The van der Waals surface area contributed by atoms with E-state index < -0.39 is 0 Å². The minimum Gasteiger partial charge on any atom is -0.340 e. The largest absolute Gasteiger partial charge is 0.340 e. The number of benzene rings is 1. The van der Waals surface area contributed by atoms with Gasteiger partial charge in [-0.05, 0) is 42.8 Å². The van der Waals surface area contributed by atoms with E-state index in [0.29, 0.717) is 6.54 Å². The average Bonchev–Trinajstić information content (AvgIpc) is 2.64. The zero-order valence-corrected chi connectivity index (χ0v) is 16.0. The molecule has 0 saturated carbocycles. The van der Waals surface area contributed by atoms with Gasteiger partial charge in [-0.2, -0.15) is 0 Å². The third-order valence-electron chi connectivity index (χ3n) is 5.49. The van der Waals surface area contributed by atoms with E-state index in [1.54, 1.807) is 0 Å². The van der Waals surface area contributed by atoms with Gasteiger partial charge in [-0.1, -0.05) is 26.0 Å². The fraction of sp³-hybridized carbons (Fsp3) is 0.524. The van der Waals surface area contributed by atoms with E-state index >= 15 is 0 Å². The van der Waals surface area contributed by atoms with Gasteiger partial charge < -0.3 is 9.88 Å². The van der Waals surface area contributed by atoms with Gasteiger partial charge in [0.05, 0.1) is 0 Å². The van der Waals surface area contributed by atoms with Crippen LogP contribution in [0.3, 0.4) is 0 Å². The van der Waals surface area contributed by atoms with Crippen LogP contribution in [-0.4, -0.2) is 46.9 Å². The number of H-pyrrole nitrogens is 1. The van der Waals surface area contributed by atoms with E-state index in [-0.39, 0.29) is 17.4 Å². The van der Waals surface area contributed by atoms with Crippen LogP contribution in [0.1, 0.15) is 37.8 Å². The first-order chi connectivity index (χ1) is 12.5. The molecule has 1 fully saturated rings. The van der Waals surface area contributed by atoms with Crippen molar-refractivity contribution in [2.75, 3.05) is 26.2 Å². The molecule has 5 heteroatoms. The van der Waals surface area contributed by atoms with Crippen molar-refractivity contribution in [3.05, 3.63) is 45.7 Å². The second kappa shape index (κ2) is 8.04. The van der Waals surface area contributed by atoms with Crippen molar-refractivity contribution < 1.29 is 4.79 Å². The van der Waals surface area contributed by atoms with Crippen molar-refractivity contribution in [2.45, 2.75) is 40.2 Å². The highest BCUT2D eigenvalue weighted by atomic mass is 16.2. The quantitative estimate of drug-likeness (QED) is 0.897. The first-order valence-electron chi connectivity index (χ1n) is 9.65. The van der Waals surface area contributed by atoms with E-state index in [9.17, 15) is 9.59 Å². The van der Waals surface area contributed by atoms with Crippen LogP contribution >= 0.6 is 0 Å². The molecular weight excluding hydrogens is 326 g/mol. The fourth-order valence-electron chi connectivity index (χ4n) is 3.74. The predicted molar refractivity (Wildman–Crippen MR) is 105 cm³/mol. The van der Waals surface area contributed by atoms with E-state index in [1.807, 2.05) is 24.0 Å². The molecule has 1 amide bonds. The van der Waals surface area contributed by atoms with Crippen LogP contribution in [0.5, 0.6) is 0 Å². The molecule has 0 aliphatic carbocycles. The van der Waals surface area contributed by atoms with Crippen LogP contribution in [0.2, 0.25) is 0 Å². The molecular formula is C21H29N3O2. The lowest BCUT2D eigenvalue weighted by molar-refractivity contribution is -0.137.